The van der Waals surface area contributed by atoms with E-state index in [-0.39, 0.29) is 6.10 Å². The summed E-state index contributed by atoms with van der Waals surface area (Å²) < 4.78 is 0. The maximum absolute atomic E-state index is 9.43. The second-order valence-electron chi connectivity index (χ2n) is 5.03. The fourth-order valence-corrected chi connectivity index (χ4v) is 2.59. The quantitative estimate of drug-likeness (QED) is 0.751. The van der Waals surface area contributed by atoms with Gasteiger partial charge in [0.2, 0.25) is 0 Å². The van der Waals surface area contributed by atoms with Gasteiger partial charge in [0.1, 0.15) is 0 Å². The van der Waals surface area contributed by atoms with E-state index in [0.717, 1.165) is 32.0 Å². The van der Waals surface area contributed by atoms with Crippen molar-refractivity contribution in [1.82, 2.24) is 9.80 Å². The Morgan fingerprint density at radius 3 is 2.47 bits per heavy atom. The summed E-state index contributed by atoms with van der Waals surface area (Å²) >= 11 is 0. The molecule has 0 aliphatic carbocycles. The summed E-state index contributed by atoms with van der Waals surface area (Å²) in [6.45, 7) is 8.26. The van der Waals surface area contributed by atoms with Gasteiger partial charge in [-0.05, 0) is 25.8 Å². The Kier molecular flexibility index (Phi) is 4.00. The van der Waals surface area contributed by atoms with E-state index >= 15 is 0 Å². The van der Waals surface area contributed by atoms with Crippen molar-refractivity contribution in [1.29, 1.82) is 0 Å². The minimum Gasteiger partial charge on any atom is -0.393 e. The van der Waals surface area contributed by atoms with Crippen molar-refractivity contribution in [3.8, 4) is 0 Å². The highest BCUT2D eigenvalue weighted by molar-refractivity contribution is 4.89. The van der Waals surface area contributed by atoms with E-state index < -0.39 is 0 Å². The Bertz CT molecular complexity index is 184. The Hall–Kier alpha value is -0.120. The first-order valence-electron chi connectivity index (χ1n) is 6.44. The molecule has 1 N–H and O–H groups in total. The minimum absolute atomic E-state index is 0.0301. The maximum Gasteiger partial charge on any atom is 0.0564 e. The highest BCUT2D eigenvalue weighted by Gasteiger charge is 2.32. The van der Waals surface area contributed by atoms with Gasteiger partial charge in [-0.15, -0.1) is 0 Å². The second-order valence-corrected chi connectivity index (χ2v) is 5.03. The molecule has 0 bridgehead atoms. The van der Waals surface area contributed by atoms with E-state index in [2.05, 4.69) is 16.7 Å². The molecule has 2 aliphatic rings. The molecule has 2 saturated heterocycles. The lowest BCUT2D eigenvalue weighted by molar-refractivity contribution is -0.00463. The van der Waals surface area contributed by atoms with Crippen LogP contribution in [0.4, 0.5) is 0 Å². The van der Waals surface area contributed by atoms with Gasteiger partial charge in [0.05, 0.1) is 6.10 Å². The third-order valence-electron chi connectivity index (χ3n) is 3.78. The molecule has 2 rings (SSSR count). The third-order valence-corrected chi connectivity index (χ3v) is 3.78. The van der Waals surface area contributed by atoms with Crippen LogP contribution in [0.25, 0.3) is 0 Å². The van der Waals surface area contributed by atoms with E-state index in [1.165, 1.54) is 32.5 Å². The van der Waals surface area contributed by atoms with Crippen LogP contribution in [0.1, 0.15) is 32.6 Å². The van der Waals surface area contributed by atoms with Crippen molar-refractivity contribution in [3.63, 3.8) is 0 Å². The van der Waals surface area contributed by atoms with E-state index in [9.17, 15) is 5.11 Å². The topological polar surface area (TPSA) is 26.7 Å². The van der Waals surface area contributed by atoms with E-state index in [4.69, 9.17) is 0 Å². The molecule has 3 nitrogen and oxygen atoms in total. The van der Waals surface area contributed by atoms with Crippen molar-refractivity contribution >= 4 is 0 Å². The van der Waals surface area contributed by atoms with Crippen LogP contribution in [0.2, 0.25) is 0 Å². The first kappa shape index (κ1) is 11.4. The highest BCUT2D eigenvalue weighted by Crippen LogP contribution is 2.20. The number of unbranched alkanes of at least 4 members (excludes halogenated alkanes) is 1. The maximum atomic E-state index is 9.43. The number of rotatable bonds is 4. The van der Waals surface area contributed by atoms with Gasteiger partial charge < -0.3 is 10.0 Å². The summed E-state index contributed by atoms with van der Waals surface area (Å²) in [6.07, 6.45) is 4.57. The molecule has 0 aromatic heterocycles. The number of hydrogen-bond acceptors (Lipinski definition) is 3. The summed E-state index contributed by atoms with van der Waals surface area (Å²) in [4.78, 5) is 5.12. The number of aliphatic hydroxyl groups is 1. The number of hydrogen-bond donors (Lipinski definition) is 1. The molecule has 88 valence electrons. The van der Waals surface area contributed by atoms with Gasteiger partial charge in [-0.1, -0.05) is 13.3 Å². The third kappa shape index (κ3) is 2.92. The van der Waals surface area contributed by atoms with Crippen LogP contribution in [-0.4, -0.2) is 59.8 Å². The molecule has 0 atom stereocenters. The van der Waals surface area contributed by atoms with Gasteiger partial charge in [-0.3, -0.25) is 4.90 Å². The molecule has 0 radical (unpaired) electrons. The van der Waals surface area contributed by atoms with Crippen LogP contribution in [0, 0.1) is 0 Å². The standard InChI is InChI=1S/C12H24N2O/c1-2-3-6-13-9-11(10-13)14-7-4-12(15)5-8-14/h11-12,15H,2-10H2,1H3. The van der Waals surface area contributed by atoms with E-state index in [0.29, 0.717) is 0 Å². The monoisotopic (exact) mass is 212 g/mol. The Balaban J connectivity index is 1.62. The van der Waals surface area contributed by atoms with Crippen molar-refractivity contribution in [3.05, 3.63) is 0 Å². The summed E-state index contributed by atoms with van der Waals surface area (Å²) in [7, 11) is 0. The lowest BCUT2D eigenvalue weighted by Gasteiger charge is -2.47. The summed E-state index contributed by atoms with van der Waals surface area (Å²) in [5.41, 5.74) is 0. The minimum atomic E-state index is -0.0301. The van der Waals surface area contributed by atoms with Gasteiger partial charge in [0, 0.05) is 32.2 Å². The molecule has 2 heterocycles. The van der Waals surface area contributed by atoms with Gasteiger partial charge in [-0.2, -0.15) is 0 Å². The van der Waals surface area contributed by atoms with Crippen molar-refractivity contribution in [2.24, 2.45) is 0 Å². The molecule has 0 unspecified atom stereocenters. The number of likely N-dealkylation sites (tertiary alicyclic amines) is 2. The molecule has 2 fully saturated rings. The molecular weight excluding hydrogens is 188 g/mol. The van der Waals surface area contributed by atoms with Gasteiger partial charge in [-0.25, -0.2) is 0 Å². The second kappa shape index (κ2) is 5.28. The van der Waals surface area contributed by atoms with Crippen LogP contribution in [0.3, 0.4) is 0 Å². The Morgan fingerprint density at radius 1 is 1.20 bits per heavy atom. The predicted octanol–water partition coefficient (Wildman–Crippen LogP) is 0.927. The zero-order valence-corrected chi connectivity index (χ0v) is 9.86. The highest BCUT2D eigenvalue weighted by atomic mass is 16.3. The predicted molar refractivity (Wildman–Crippen MR) is 61.9 cm³/mol. The normalized spacial score (nSPS) is 26.8. The summed E-state index contributed by atoms with van der Waals surface area (Å²) in [6, 6.07) is 0.786. The zero-order chi connectivity index (χ0) is 10.7. The average Bonchev–Trinajstić information content (AvgIpc) is 2.18. The van der Waals surface area contributed by atoms with Crippen LogP contribution in [-0.2, 0) is 0 Å². The first-order chi connectivity index (χ1) is 7.29. The van der Waals surface area contributed by atoms with Crippen LogP contribution in [0.15, 0.2) is 0 Å². The molecule has 15 heavy (non-hydrogen) atoms. The number of piperidine rings is 1. The van der Waals surface area contributed by atoms with Crippen molar-refractivity contribution in [2.45, 2.75) is 44.8 Å². The first-order valence-corrected chi connectivity index (χ1v) is 6.44. The van der Waals surface area contributed by atoms with E-state index in [1.54, 1.807) is 0 Å². The fourth-order valence-electron chi connectivity index (χ4n) is 2.59. The molecular formula is C12H24N2O. The van der Waals surface area contributed by atoms with E-state index in [1.807, 2.05) is 0 Å². The molecule has 0 aromatic carbocycles. The molecule has 0 spiro atoms. The largest absolute Gasteiger partial charge is 0.393 e. The lowest BCUT2D eigenvalue weighted by Crippen LogP contribution is -2.60. The SMILES string of the molecule is CCCCN1CC(N2CCC(O)CC2)C1. The van der Waals surface area contributed by atoms with Gasteiger partial charge >= 0.3 is 0 Å². The molecule has 0 amide bonds. The van der Waals surface area contributed by atoms with Crippen LogP contribution >= 0.6 is 0 Å². The van der Waals surface area contributed by atoms with Gasteiger partial charge in [0.25, 0.3) is 0 Å². The lowest BCUT2D eigenvalue weighted by atomic mass is 10.0. The van der Waals surface area contributed by atoms with Crippen molar-refractivity contribution in [2.75, 3.05) is 32.7 Å². The van der Waals surface area contributed by atoms with Gasteiger partial charge in [0.15, 0.2) is 0 Å². The summed E-state index contributed by atoms with van der Waals surface area (Å²) in [5, 5.41) is 9.43. The van der Waals surface area contributed by atoms with Crippen LogP contribution in [0.5, 0.6) is 0 Å². The zero-order valence-electron chi connectivity index (χ0n) is 9.86. The number of aliphatic hydroxyl groups excluding tert-OH is 1. The Labute approximate surface area is 93.1 Å². The molecule has 0 saturated carbocycles. The fraction of sp³-hybridized carbons (Fsp3) is 1.00. The molecule has 0 aromatic rings. The van der Waals surface area contributed by atoms with Crippen molar-refractivity contribution < 1.29 is 5.11 Å². The average molecular weight is 212 g/mol. The molecule has 2 aliphatic heterocycles. The Morgan fingerprint density at radius 2 is 1.87 bits per heavy atom. The molecule has 3 heteroatoms. The number of nitrogens with zero attached hydrogens (tertiary/aromatic N) is 2. The summed E-state index contributed by atoms with van der Waals surface area (Å²) in [5.74, 6) is 0. The van der Waals surface area contributed by atoms with Crippen LogP contribution < -0.4 is 0 Å². The smallest absolute Gasteiger partial charge is 0.0564 e.